The van der Waals surface area contributed by atoms with Crippen LogP contribution in [-0.4, -0.2) is 94.6 Å². The van der Waals surface area contributed by atoms with Gasteiger partial charge in [0.2, 0.25) is 0 Å². The lowest BCUT2D eigenvalue weighted by molar-refractivity contribution is -0.137. The fraction of sp³-hybridized carbons (Fsp3) is 0.273. The summed E-state index contributed by atoms with van der Waals surface area (Å²) in [5, 5.41) is 17.4. The second kappa shape index (κ2) is 13.7. The zero-order valence-electron chi connectivity index (χ0n) is 26.0. The number of carboxylic acids is 1. The van der Waals surface area contributed by atoms with E-state index in [-0.39, 0.29) is 29.1 Å². The number of carboxylic acid groups (broad SMARTS) is 1. The number of nitrogens with zero attached hydrogens (tertiary/aromatic N) is 6. The van der Waals surface area contributed by atoms with Crippen LogP contribution in [-0.2, 0) is 20.7 Å². The van der Waals surface area contributed by atoms with Crippen LogP contribution in [0.1, 0.15) is 22.2 Å². The molecule has 0 unspecified atom stereocenters. The van der Waals surface area contributed by atoms with Gasteiger partial charge in [0.15, 0.2) is 16.0 Å². The summed E-state index contributed by atoms with van der Waals surface area (Å²) in [5.74, 6) is -1.53. The maximum absolute atomic E-state index is 14.0. The largest absolute Gasteiger partial charge is 0.481 e. The first-order chi connectivity index (χ1) is 23.7. The quantitative estimate of drug-likeness (QED) is 0.233. The van der Waals surface area contributed by atoms with Gasteiger partial charge in [0, 0.05) is 65.0 Å². The number of nitrogens with one attached hydrogen (secondary N) is 1. The average Bonchev–Trinajstić information content (AvgIpc) is 3.86. The fourth-order valence-corrected chi connectivity index (χ4v) is 7.95. The molecule has 252 valence electrons. The molecule has 3 aliphatic heterocycles. The molecule has 2 aromatic heterocycles. The van der Waals surface area contributed by atoms with E-state index in [0.717, 1.165) is 5.56 Å². The van der Waals surface area contributed by atoms with Crippen molar-refractivity contribution in [3.63, 3.8) is 0 Å². The first-order valence-electron chi connectivity index (χ1n) is 15.3. The van der Waals surface area contributed by atoms with Crippen LogP contribution in [0, 0.1) is 5.82 Å². The molecule has 2 fully saturated rings. The Kier molecular flexibility index (Phi) is 9.15. The number of ether oxygens (including phenoxy) is 1. The lowest BCUT2D eigenvalue weighted by Gasteiger charge is -2.38. The summed E-state index contributed by atoms with van der Waals surface area (Å²) in [6.07, 6.45) is 1.61. The van der Waals surface area contributed by atoms with E-state index in [0.29, 0.717) is 71.2 Å². The lowest BCUT2D eigenvalue weighted by atomic mass is 9.95. The number of hydrogen-bond donors (Lipinski definition) is 2. The minimum absolute atomic E-state index is 0.0553. The summed E-state index contributed by atoms with van der Waals surface area (Å²) in [4.78, 5) is 57.6. The Morgan fingerprint density at radius 2 is 1.96 bits per heavy atom. The minimum Gasteiger partial charge on any atom is -0.481 e. The highest BCUT2D eigenvalue weighted by Crippen LogP contribution is 2.38. The number of hydrogen-bond acceptors (Lipinski definition) is 11. The van der Waals surface area contributed by atoms with Crippen molar-refractivity contribution in [1.29, 1.82) is 0 Å². The number of urea groups is 1. The molecular weight excluding hydrogens is 693 g/mol. The second-order valence-corrected chi connectivity index (χ2v) is 13.8. The summed E-state index contributed by atoms with van der Waals surface area (Å²) >= 11 is 9.26. The normalized spacial score (nSPS) is 19.5. The molecule has 2 saturated heterocycles. The molecule has 16 heteroatoms. The zero-order valence-corrected chi connectivity index (χ0v) is 28.4. The Hall–Kier alpha value is -4.70. The Labute approximate surface area is 293 Å². The Morgan fingerprint density at radius 1 is 1.14 bits per heavy atom. The third-order valence-corrected chi connectivity index (χ3v) is 10.5. The summed E-state index contributed by atoms with van der Waals surface area (Å²) < 4.78 is 19.2. The number of esters is 1. The number of aliphatic carboxylic acids is 1. The monoisotopic (exact) mass is 721 g/mol. The van der Waals surface area contributed by atoms with Gasteiger partial charge >= 0.3 is 18.0 Å². The van der Waals surface area contributed by atoms with Crippen molar-refractivity contribution < 1.29 is 28.6 Å². The predicted octanol–water partition coefficient (Wildman–Crippen LogP) is 4.83. The highest BCUT2D eigenvalue weighted by atomic mass is 35.5. The fourth-order valence-electron chi connectivity index (χ4n) is 6.26. The van der Waals surface area contributed by atoms with Crippen molar-refractivity contribution in [2.45, 2.75) is 18.5 Å². The maximum Gasteiger partial charge on any atom is 0.338 e. The van der Waals surface area contributed by atoms with E-state index in [1.54, 1.807) is 23.2 Å². The molecule has 4 aromatic rings. The molecule has 2 aromatic carbocycles. The molecule has 0 spiro atoms. The molecule has 0 bridgehead atoms. The number of aliphatic imine (C=N–C) groups is 1. The summed E-state index contributed by atoms with van der Waals surface area (Å²) in [5.41, 5.74) is 3.52. The maximum atomic E-state index is 14.0. The number of fused-ring (bicyclic) bond motifs is 1. The Balaban J connectivity index is 1.11. The lowest BCUT2D eigenvalue weighted by Crippen LogP contribution is -2.53. The minimum atomic E-state index is -0.893. The number of benzene rings is 2. The van der Waals surface area contributed by atoms with Gasteiger partial charge in [0.25, 0.3) is 0 Å². The molecule has 3 aliphatic rings. The van der Waals surface area contributed by atoms with Gasteiger partial charge in [-0.1, -0.05) is 41.9 Å². The van der Waals surface area contributed by atoms with E-state index in [2.05, 4.69) is 15.2 Å². The van der Waals surface area contributed by atoms with E-state index >= 15 is 0 Å². The van der Waals surface area contributed by atoms with Gasteiger partial charge in [-0.25, -0.2) is 23.9 Å². The van der Waals surface area contributed by atoms with Crippen molar-refractivity contribution in [3.05, 3.63) is 97.7 Å². The molecule has 12 nitrogen and oxygen atoms in total. The van der Waals surface area contributed by atoms with Crippen molar-refractivity contribution >= 4 is 63.2 Å². The van der Waals surface area contributed by atoms with Crippen LogP contribution in [0.3, 0.4) is 0 Å². The first kappa shape index (κ1) is 32.8. The first-order valence-corrected chi connectivity index (χ1v) is 17.4. The number of thiazole rings is 2. The molecule has 5 heterocycles. The number of carbonyl (C=O) groups is 3. The highest BCUT2D eigenvalue weighted by Gasteiger charge is 2.43. The number of halogens is 2. The van der Waals surface area contributed by atoms with Gasteiger partial charge in [-0.2, -0.15) is 0 Å². The van der Waals surface area contributed by atoms with Crippen molar-refractivity contribution in [3.8, 4) is 11.3 Å². The van der Waals surface area contributed by atoms with Gasteiger partial charge in [-0.05, 0) is 17.7 Å². The van der Waals surface area contributed by atoms with Crippen LogP contribution in [0.25, 0.3) is 11.3 Å². The van der Waals surface area contributed by atoms with Gasteiger partial charge in [-0.15, -0.1) is 22.7 Å². The van der Waals surface area contributed by atoms with Crippen LogP contribution >= 0.6 is 34.3 Å². The molecule has 2 amide bonds. The van der Waals surface area contributed by atoms with Crippen LogP contribution < -0.4 is 10.2 Å². The van der Waals surface area contributed by atoms with Gasteiger partial charge in [0.1, 0.15) is 11.9 Å². The number of amides is 2. The number of rotatable bonds is 9. The zero-order chi connectivity index (χ0) is 34.2. The van der Waals surface area contributed by atoms with E-state index in [4.69, 9.17) is 31.4 Å². The summed E-state index contributed by atoms with van der Waals surface area (Å²) in [6.45, 7) is 2.33. The summed E-state index contributed by atoms with van der Waals surface area (Å²) in [7, 11) is 1.30. The van der Waals surface area contributed by atoms with Crippen LogP contribution in [0.2, 0.25) is 5.02 Å². The Bertz CT molecular complexity index is 1980. The number of methoxy groups -OCH3 is 1. The molecule has 2 N–H and O–H groups in total. The number of aromatic nitrogens is 2. The highest BCUT2D eigenvalue weighted by molar-refractivity contribution is 7.14. The van der Waals surface area contributed by atoms with Gasteiger partial charge < -0.3 is 20.1 Å². The third kappa shape index (κ3) is 6.66. The SMILES string of the molecule is COC(=O)C1=C(CN2CCN3C(=O)N(c4nc(-c5ccc(CC(=O)O)cc5)cs4)C[C@@H]3C2)NC(c2nccs2)=N[C@H]1c1ccc(F)cc1Cl. The van der Waals surface area contributed by atoms with Crippen LogP contribution in [0.4, 0.5) is 14.3 Å². The number of anilines is 1. The topological polar surface area (TPSA) is 141 Å². The molecule has 7 rings (SSSR count). The summed E-state index contributed by atoms with van der Waals surface area (Å²) in [6, 6.07) is 10.1. The Morgan fingerprint density at radius 3 is 2.67 bits per heavy atom. The van der Waals surface area contributed by atoms with Gasteiger partial charge in [-0.3, -0.25) is 19.6 Å². The standard InChI is InChI=1S/C33H29ClFN7O5S2/c1-47-31(45)27-24(37-29(30-36-8-11-48-30)39-28(27)22-7-6-20(35)13-23(22)34)16-40-9-10-41-21(14-40)15-42(33(41)46)32-38-25(17-49-32)19-4-2-18(3-5-19)12-26(43)44/h2-8,11,13,17,21,28H,9-10,12,14-16H2,1H3,(H,37,39)(H,43,44)/t21-,28-/m0/s1. The van der Waals surface area contributed by atoms with Crippen molar-refractivity contribution in [2.75, 3.05) is 44.7 Å². The number of carbonyl (C=O) groups excluding carboxylic acids is 2. The molecular formula is C33H29ClFN7O5S2. The van der Waals surface area contributed by atoms with Crippen LogP contribution in [0.5, 0.6) is 0 Å². The van der Waals surface area contributed by atoms with E-state index < -0.39 is 23.8 Å². The average molecular weight is 722 g/mol. The molecule has 0 radical (unpaired) electrons. The number of piperazine rings is 1. The van der Waals surface area contributed by atoms with Crippen molar-refractivity contribution in [1.82, 2.24) is 25.1 Å². The molecule has 49 heavy (non-hydrogen) atoms. The number of amidine groups is 1. The third-order valence-electron chi connectivity index (χ3n) is 8.57. The van der Waals surface area contributed by atoms with E-state index in [1.807, 2.05) is 27.8 Å². The molecule has 2 atom stereocenters. The van der Waals surface area contributed by atoms with Crippen LogP contribution in [0.15, 0.2) is 75.7 Å². The van der Waals surface area contributed by atoms with Crippen molar-refractivity contribution in [2.24, 2.45) is 4.99 Å². The van der Waals surface area contributed by atoms with Gasteiger partial charge in [0.05, 0.1) is 37.4 Å². The predicted molar refractivity (Wildman–Crippen MR) is 184 cm³/mol. The van der Waals surface area contributed by atoms with E-state index in [9.17, 15) is 18.8 Å². The van der Waals surface area contributed by atoms with E-state index in [1.165, 1.54) is 48.0 Å². The molecule has 0 saturated carbocycles. The smallest absolute Gasteiger partial charge is 0.338 e. The molecule has 0 aliphatic carbocycles. The second-order valence-electron chi connectivity index (χ2n) is 11.7.